The highest BCUT2D eigenvalue weighted by atomic mass is 35.5. The molecule has 0 bridgehead atoms. The topological polar surface area (TPSA) is 38.1 Å². The molecule has 4 heteroatoms. The van der Waals surface area contributed by atoms with Gasteiger partial charge in [0.05, 0.1) is 12.2 Å². The van der Waals surface area contributed by atoms with Crippen LogP contribution in [0, 0.1) is 13.8 Å². The van der Waals surface area contributed by atoms with Crippen LogP contribution in [0.5, 0.6) is 0 Å². The largest absolute Gasteiger partial charge is 0.444 e. The Balaban J connectivity index is 2.03. The normalized spacial score (nSPS) is 12.6. The quantitative estimate of drug-likeness (QED) is 0.847. The van der Waals surface area contributed by atoms with E-state index in [1.807, 2.05) is 26.0 Å². The highest BCUT2D eigenvalue weighted by Gasteiger charge is 2.12. The van der Waals surface area contributed by atoms with Crippen LogP contribution < -0.4 is 5.32 Å². The summed E-state index contributed by atoms with van der Waals surface area (Å²) in [6.45, 7) is 6.73. The van der Waals surface area contributed by atoms with Gasteiger partial charge in [0.1, 0.15) is 5.76 Å². The molecule has 1 aromatic carbocycles. The van der Waals surface area contributed by atoms with Crippen LogP contribution in [0.3, 0.4) is 0 Å². The van der Waals surface area contributed by atoms with Crippen molar-refractivity contribution in [3.05, 3.63) is 52.2 Å². The highest BCUT2D eigenvalue weighted by Crippen LogP contribution is 2.21. The number of halogens is 1. The predicted octanol–water partition coefficient (Wildman–Crippen LogP) is 4.58. The molecule has 0 radical (unpaired) electrons. The second-order valence-electron chi connectivity index (χ2n) is 5.02. The molecule has 3 nitrogen and oxygen atoms in total. The highest BCUT2D eigenvalue weighted by molar-refractivity contribution is 6.30. The molecule has 0 saturated carbocycles. The van der Waals surface area contributed by atoms with Crippen molar-refractivity contribution >= 4 is 11.6 Å². The van der Waals surface area contributed by atoms with E-state index in [2.05, 4.69) is 29.4 Å². The van der Waals surface area contributed by atoms with E-state index in [1.54, 1.807) is 0 Å². The summed E-state index contributed by atoms with van der Waals surface area (Å²) < 4.78 is 5.60. The molecule has 0 fully saturated rings. The van der Waals surface area contributed by atoms with Crippen LogP contribution >= 0.6 is 11.6 Å². The molecular formula is C16H21ClN2O. The molecule has 2 rings (SSSR count). The van der Waals surface area contributed by atoms with Crippen LogP contribution in [0.2, 0.25) is 5.02 Å². The van der Waals surface area contributed by atoms with Crippen LogP contribution in [-0.2, 0) is 6.54 Å². The summed E-state index contributed by atoms with van der Waals surface area (Å²) in [6, 6.07) is 8.30. The molecule has 0 aliphatic heterocycles. The Morgan fingerprint density at radius 3 is 2.50 bits per heavy atom. The fraction of sp³-hybridized carbons (Fsp3) is 0.438. The van der Waals surface area contributed by atoms with Gasteiger partial charge in [-0.05, 0) is 38.0 Å². The third-order valence-corrected chi connectivity index (χ3v) is 3.67. The summed E-state index contributed by atoms with van der Waals surface area (Å²) >= 11 is 5.94. The molecule has 0 aliphatic rings. The van der Waals surface area contributed by atoms with Gasteiger partial charge in [-0.1, -0.05) is 37.1 Å². The first-order chi connectivity index (χ1) is 9.60. The third-order valence-electron chi connectivity index (χ3n) is 3.42. The molecule has 0 aliphatic carbocycles. The summed E-state index contributed by atoms with van der Waals surface area (Å²) in [5, 5.41) is 4.28. The molecule has 108 valence electrons. The van der Waals surface area contributed by atoms with Gasteiger partial charge in [0, 0.05) is 11.1 Å². The maximum absolute atomic E-state index is 5.94. The van der Waals surface area contributed by atoms with Gasteiger partial charge >= 0.3 is 0 Å². The molecule has 2 aromatic rings. The Morgan fingerprint density at radius 2 is 1.95 bits per heavy atom. The average molecular weight is 293 g/mol. The first kappa shape index (κ1) is 15.1. The van der Waals surface area contributed by atoms with Crippen molar-refractivity contribution in [2.24, 2.45) is 0 Å². The lowest BCUT2D eigenvalue weighted by atomic mass is 10.0. The van der Waals surface area contributed by atoms with Gasteiger partial charge in [0.25, 0.3) is 0 Å². The number of aryl methyl sites for hydroxylation is 2. The van der Waals surface area contributed by atoms with Gasteiger partial charge in [-0.3, -0.25) is 0 Å². The number of nitrogens with zero attached hydrogens (tertiary/aromatic N) is 1. The van der Waals surface area contributed by atoms with Gasteiger partial charge in [-0.2, -0.15) is 0 Å². The zero-order valence-electron chi connectivity index (χ0n) is 12.2. The molecule has 1 aromatic heterocycles. The molecule has 1 unspecified atom stereocenters. The summed E-state index contributed by atoms with van der Waals surface area (Å²) in [5.74, 6) is 1.63. The second kappa shape index (κ2) is 6.91. The molecule has 0 spiro atoms. The standard InChI is InChI=1S/C16H21ClN2O/c1-4-5-15(13-6-8-14(17)9-7-13)18-10-16-19-11(2)12(3)20-16/h6-9,15,18H,4-5,10H2,1-3H3. The Hall–Kier alpha value is -1.32. The molecule has 1 atom stereocenters. The van der Waals surface area contributed by atoms with E-state index < -0.39 is 0 Å². The molecule has 0 amide bonds. The van der Waals surface area contributed by atoms with E-state index in [9.17, 15) is 0 Å². The van der Waals surface area contributed by atoms with Crippen LogP contribution in [0.1, 0.15) is 48.7 Å². The third kappa shape index (κ3) is 3.84. The zero-order valence-corrected chi connectivity index (χ0v) is 13.0. The van der Waals surface area contributed by atoms with E-state index >= 15 is 0 Å². The van der Waals surface area contributed by atoms with Crippen LogP contribution in [-0.4, -0.2) is 4.98 Å². The minimum Gasteiger partial charge on any atom is -0.444 e. The Bertz CT molecular complexity index is 529. The van der Waals surface area contributed by atoms with Crippen LogP contribution in [0.25, 0.3) is 0 Å². The lowest BCUT2D eigenvalue weighted by Gasteiger charge is -2.17. The van der Waals surface area contributed by atoms with Crippen LogP contribution in [0.15, 0.2) is 28.7 Å². The van der Waals surface area contributed by atoms with E-state index in [4.69, 9.17) is 16.0 Å². The number of hydrogen-bond acceptors (Lipinski definition) is 3. The number of rotatable bonds is 6. The number of aromatic nitrogens is 1. The summed E-state index contributed by atoms with van der Waals surface area (Å²) in [4.78, 5) is 4.40. The van der Waals surface area contributed by atoms with Gasteiger partial charge in [-0.25, -0.2) is 4.98 Å². The summed E-state index contributed by atoms with van der Waals surface area (Å²) in [7, 11) is 0. The smallest absolute Gasteiger partial charge is 0.208 e. The monoisotopic (exact) mass is 292 g/mol. The maximum atomic E-state index is 5.94. The van der Waals surface area contributed by atoms with Crippen molar-refractivity contribution in [2.75, 3.05) is 0 Å². The lowest BCUT2D eigenvalue weighted by Crippen LogP contribution is -2.21. The minimum absolute atomic E-state index is 0.296. The predicted molar refractivity (Wildman–Crippen MR) is 81.9 cm³/mol. The number of nitrogens with one attached hydrogen (secondary N) is 1. The number of hydrogen-bond donors (Lipinski definition) is 1. The van der Waals surface area contributed by atoms with Gasteiger partial charge in [0.15, 0.2) is 0 Å². The SMILES string of the molecule is CCCC(NCc1nc(C)c(C)o1)c1ccc(Cl)cc1. The maximum Gasteiger partial charge on any atom is 0.208 e. The summed E-state index contributed by atoms with van der Waals surface area (Å²) in [6.07, 6.45) is 2.18. The van der Waals surface area contributed by atoms with Crippen molar-refractivity contribution in [3.63, 3.8) is 0 Å². The Labute approximate surface area is 125 Å². The fourth-order valence-electron chi connectivity index (χ4n) is 2.20. The number of oxazole rings is 1. The lowest BCUT2D eigenvalue weighted by molar-refractivity contribution is 0.413. The molecule has 0 saturated heterocycles. The van der Waals surface area contributed by atoms with Crippen molar-refractivity contribution in [3.8, 4) is 0 Å². The van der Waals surface area contributed by atoms with Gasteiger partial charge in [-0.15, -0.1) is 0 Å². The molecular weight excluding hydrogens is 272 g/mol. The van der Waals surface area contributed by atoms with E-state index in [1.165, 1.54) is 5.56 Å². The van der Waals surface area contributed by atoms with Crippen molar-refractivity contribution in [2.45, 2.75) is 46.2 Å². The number of benzene rings is 1. The zero-order chi connectivity index (χ0) is 14.5. The van der Waals surface area contributed by atoms with E-state index in [0.717, 1.165) is 35.2 Å². The van der Waals surface area contributed by atoms with Crippen molar-refractivity contribution < 1.29 is 4.42 Å². The van der Waals surface area contributed by atoms with Crippen molar-refractivity contribution in [1.29, 1.82) is 0 Å². The van der Waals surface area contributed by atoms with E-state index in [0.29, 0.717) is 12.6 Å². The first-order valence-corrected chi connectivity index (χ1v) is 7.39. The van der Waals surface area contributed by atoms with Gasteiger partial charge < -0.3 is 9.73 Å². The molecule has 20 heavy (non-hydrogen) atoms. The van der Waals surface area contributed by atoms with Crippen molar-refractivity contribution in [1.82, 2.24) is 10.3 Å². The van der Waals surface area contributed by atoms with Crippen LogP contribution in [0.4, 0.5) is 0 Å². The Kier molecular flexibility index (Phi) is 5.21. The average Bonchev–Trinajstić information content (AvgIpc) is 2.75. The first-order valence-electron chi connectivity index (χ1n) is 7.02. The molecule has 1 heterocycles. The minimum atomic E-state index is 0.296. The molecule has 1 N–H and O–H groups in total. The fourth-order valence-corrected chi connectivity index (χ4v) is 2.32. The van der Waals surface area contributed by atoms with E-state index in [-0.39, 0.29) is 0 Å². The van der Waals surface area contributed by atoms with Gasteiger partial charge in [0.2, 0.25) is 5.89 Å². The Morgan fingerprint density at radius 1 is 1.25 bits per heavy atom. The second-order valence-corrected chi connectivity index (χ2v) is 5.46. The summed E-state index contributed by atoms with van der Waals surface area (Å²) in [5.41, 5.74) is 2.21.